The van der Waals surface area contributed by atoms with E-state index < -0.39 is 6.36 Å². The summed E-state index contributed by atoms with van der Waals surface area (Å²) in [5.41, 5.74) is 1.24. The molecule has 0 bridgehead atoms. The third kappa shape index (κ3) is 2.87. The lowest BCUT2D eigenvalue weighted by molar-refractivity contribution is -0.191. The van der Waals surface area contributed by atoms with Gasteiger partial charge in [0.05, 0.1) is 19.1 Å². The van der Waals surface area contributed by atoms with Crippen LogP contribution in [0.3, 0.4) is 0 Å². The van der Waals surface area contributed by atoms with E-state index in [2.05, 4.69) is 5.10 Å². The van der Waals surface area contributed by atoms with E-state index in [-0.39, 0.29) is 11.8 Å². The van der Waals surface area contributed by atoms with Gasteiger partial charge in [0.25, 0.3) is 5.91 Å². The van der Waals surface area contributed by atoms with Crippen molar-refractivity contribution < 1.29 is 18.7 Å². The minimum atomic E-state index is -1.25. The van der Waals surface area contributed by atoms with Gasteiger partial charge in [-0.1, -0.05) is 18.2 Å². The van der Waals surface area contributed by atoms with E-state index in [0.717, 1.165) is 5.75 Å². The summed E-state index contributed by atoms with van der Waals surface area (Å²) in [6.07, 6.45) is -1.25. The van der Waals surface area contributed by atoms with E-state index in [0.29, 0.717) is 44.2 Å². The van der Waals surface area contributed by atoms with Crippen LogP contribution < -0.4 is 4.74 Å². The Morgan fingerprint density at radius 3 is 2.83 bits per heavy atom. The lowest BCUT2D eigenvalue weighted by Crippen LogP contribution is -2.49. The fourth-order valence-electron chi connectivity index (χ4n) is 2.93. The second-order valence-corrected chi connectivity index (χ2v) is 6.04. The second-order valence-electron chi connectivity index (χ2n) is 6.04. The first-order chi connectivity index (χ1) is 11.7. The molecule has 1 aromatic carbocycles. The smallest absolute Gasteiger partial charge is 0.272 e. The summed E-state index contributed by atoms with van der Waals surface area (Å²) in [4.78, 5) is 14.2. The number of hydrogen-bond acceptors (Lipinski definition) is 4. The van der Waals surface area contributed by atoms with Crippen LogP contribution in [0.2, 0.25) is 0 Å². The molecule has 2 unspecified atom stereocenters. The Kier molecular flexibility index (Phi) is 3.93. The van der Waals surface area contributed by atoms with E-state index in [1.165, 1.54) is 0 Å². The Labute approximate surface area is 138 Å². The monoisotopic (exact) mass is 331 g/mol. The van der Waals surface area contributed by atoms with Gasteiger partial charge < -0.3 is 14.4 Å². The SMILES string of the molecule is O=C1c2cc(COc3ccccc3)nn2CCN1CC1COC1F. The van der Waals surface area contributed by atoms with Crippen LogP contribution in [0.5, 0.6) is 5.75 Å². The number of hydrogen-bond donors (Lipinski definition) is 0. The molecule has 3 heterocycles. The molecule has 1 saturated heterocycles. The number of fused-ring (bicyclic) bond motifs is 1. The maximum atomic E-state index is 13.2. The molecule has 0 aliphatic carbocycles. The van der Waals surface area contributed by atoms with E-state index in [1.807, 2.05) is 30.3 Å². The summed E-state index contributed by atoms with van der Waals surface area (Å²) in [7, 11) is 0. The molecule has 0 spiro atoms. The molecule has 1 aromatic heterocycles. The normalized spacial score (nSPS) is 22.9. The Morgan fingerprint density at radius 2 is 2.12 bits per heavy atom. The van der Waals surface area contributed by atoms with Crippen molar-refractivity contribution in [2.24, 2.45) is 5.92 Å². The number of halogens is 1. The minimum Gasteiger partial charge on any atom is -0.487 e. The Morgan fingerprint density at radius 1 is 1.29 bits per heavy atom. The average molecular weight is 331 g/mol. The fourth-order valence-corrected chi connectivity index (χ4v) is 2.93. The third-order valence-corrected chi connectivity index (χ3v) is 4.34. The van der Waals surface area contributed by atoms with Crippen LogP contribution in [0.4, 0.5) is 4.39 Å². The van der Waals surface area contributed by atoms with Gasteiger partial charge in [0.1, 0.15) is 23.7 Å². The Hall–Kier alpha value is -2.41. The molecule has 0 saturated carbocycles. The van der Waals surface area contributed by atoms with Crippen molar-refractivity contribution in [2.75, 3.05) is 19.7 Å². The van der Waals surface area contributed by atoms with Crippen molar-refractivity contribution in [3.8, 4) is 5.75 Å². The van der Waals surface area contributed by atoms with Crippen LogP contribution in [0.25, 0.3) is 0 Å². The number of amides is 1. The van der Waals surface area contributed by atoms with Crippen molar-refractivity contribution in [2.45, 2.75) is 19.5 Å². The van der Waals surface area contributed by atoms with Crippen molar-refractivity contribution in [1.82, 2.24) is 14.7 Å². The van der Waals surface area contributed by atoms with E-state index in [9.17, 15) is 9.18 Å². The quantitative estimate of drug-likeness (QED) is 0.839. The van der Waals surface area contributed by atoms with E-state index in [4.69, 9.17) is 9.47 Å². The summed E-state index contributed by atoms with van der Waals surface area (Å²) in [6.45, 7) is 2.22. The molecule has 2 aliphatic rings. The molecule has 126 valence electrons. The molecule has 6 nitrogen and oxygen atoms in total. The van der Waals surface area contributed by atoms with E-state index >= 15 is 0 Å². The lowest BCUT2D eigenvalue weighted by atomic mass is 10.1. The summed E-state index contributed by atoms with van der Waals surface area (Å²) in [5, 5.41) is 4.42. The van der Waals surface area contributed by atoms with Crippen molar-refractivity contribution in [3.63, 3.8) is 0 Å². The first-order valence-electron chi connectivity index (χ1n) is 8.00. The van der Waals surface area contributed by atoms with Gasteiger partial charge in [0.2, 0.25) is 6.36 Å². The number of carbonyl (C=O) groups excluding carboxylic acids is 1. The van der Waals surface area contributed by atoms with E-state index in [1.54, 1.807) is 15.6 Å². The highest BCUT2D eigenvalue weighted by Crippen LogP contribution is 2.24. The van der Waals surface area contributed by atoms with Crippen LogP contribution in [0, 0.1) is 5.92 Å². The lowest BCUT2D eigenvalue weighted by Gasteiger charge is -2.36. The van der Waals surface area contributed by atoms with Crippen molar-refractivity contribution >= 4 is 5.91 Å². The molecule has 1 amide bonds. The molecule has 2 aromatic rings. The van der Waals surface area contributed by atoms with Gasteiger partial charge in [-0.25, -0.2) is 4.39 Å². The molecule has 1 fully saturated rings. The van der Waals surface area contributed by atoms with Crippen LogP contribution in [-0.4, -0.2) is 46.6 Å². The van der Waals surface area contributed by atoms with Gasteiger partial charge in [-0.2, -0.15) is 5.10 Å². The summed E-state index contributed by atoms with van der Waals surface area (Å²) >= 11 is 0. The molecule has 4 rings (SSSR count). The molecular formula is C17H18FN3O3. The molecular weight excluding hydrogens is 313 g/mol. The van der Waals surface area contributed by atoms with Gasteiger partial charge in [-0.3, -0.25) is 9.48 Å². The number of aromatic nitrogens is 2. The van der Waals surface area contributed by atoms with Crippen LogP contribution in [-0.2, 0) is 17.9 Å². The number of para-hydroxylation sites is 1. The number of alkyl halides is 1. The zero-order valence-corrected chi connectivity index (χ0v) is 13.1. The maximum absolute atomic E-state index is 13.2. The number of ether oxygens (including phenoxy) is 2. The molecule has 7 heteroatoms. The first kappa shape index (κ1) is 15.1. The second kappa shape index (κ2) is 6.24. The number of benzene rings is 1. The summed E-state index contributed by atoms with van der Waals surface area (Å²) < 4.78 is 25.3. The Balaban J connectivity index is 1.42. The predicted octanol–water partition coefficient (Wildman–Crippen LogP) is 1.86. The highest BCUT2D eigenvalue weighted by molar-refractivity contribution is 5.93. The molecule has 0 N–H and O–H groups in total. The first-order valence-corrected chi connectivity index (χ1v) is 8.00. The largest absolute Gasteiger partial charge is 0.487 e. The highest BCUT2D eigenvalue weighted by atomic mass is 19.1. The zero-order chi connectivity index (χ0) is 16.5. The van der Waals surface area contributed by atoms with Gasteiger partial charge in [-0.15, -0.1) is 0 Å². The van der Waals surface area contributed by atoms with Gasteiger partial charge in [-0.05, 0) is 18.2 Å². The maximum Gasteiger partial charge on any atom is 0.272 e. The molecule has 24 heavy (non-hydrogen) atoms. The summed E-state index contributed by atoms with van der Waals surface area (Å²) in [6, 6.07) is 11.2. The topological polar surface area (TPSA) is 56.6 Å². The van der Waals surface area contributed by atoms with Crippen molar-refractivity contribution in [1.29, 1.82) is 0 Å². The number of nitrogens with zero attached hydrogens (tertiary/aromatic N) is 3. The van der Waals surface area contributed by atoms with Crippen molar-refractivity contribution in [3.05, 3.63) is 47.8 Å². The minimum absolute atomic E-state index is 0.112. The average Bonchev–Trinajstić information content (AvgIpc) is 3.03. The van der Waals surface area contributed by atoms with Gasteiger partial charge in [0.15, 0.2) is 0 Å². The summed E-state index contributed by atoms with van der Waals surface area (Å²) in [5.74, 6) is 0.429. The van der Waals surface area contributed by atoms with Gasteiger partial charge in [0, 0.05) is 13.1 Å². The van der Waals surface area contributed by atoms with Crippen LogP contribution in [0.1, 0.15) is 16.2 Å². The third-order valence-electron chi connectivity index (χ3n) is 4.34. The number of carbonyl (C=O) groups is 1. The molecule has 2 atom stereocenters. The fraction of sp³-hybridized carbons (Fsp3) is 0.412. The zero-order valence-electron chi connectivity index (χ0n) is 13.1. The predicted molar refractivity (Wildman–Crippen MR) is 83.2 cm³/mol. The van der Waals surface area contributed by atoms with Crippen LogP contribution >= 0.6 is 0 Å². The van der Waals surface area contributed by atoms with Gasteiger partial charge >= 0.3 is 0 Å². The number of rotatable bonds is 5. The standard InChI is InChI=1S/C17H18FN3O3/c18-16-12(10-24-16)9-20-6-7-21-15(17(20)22)8-13(19-21)11-23-14-4-2-1-3-5-14/h1-5,8,12,16H,6-7,9-11H2. The Bertz CT molecular complexity index is 734. The molecule has 0 radical (unpaired) electrons. The van der Waals surface area contributed by atoms with Crippen LogP contribution in [0.15, 0.2) is 36.4 Å². The highest BCUT2D eigenvalue weighted by Gasteiger charge is 2.36. The molecule has 2 aliphatic heterocycles.